The Hall–Kier alpha value is -1.23. The number of benzene rings is 1. The third-order valence-electron chi connectivity index (χ3n) is 3.71. The molecular formula is C15H9Cl2FN2S. The monoisotopic (exact) mass is 338 g/mol. The second-order valence-corrected chi connectivity index (χ2v) is 6.83. The zero-order valence-corrected chi connectivity index (χ0v) is 13.1. The highest BCUT2D eigenvalue weighted by Crippen LogP contribution is 2.40. The summed E-state index contributed by atoms with van der Waals surface area (Å²) in [6.07, 6.45) is 3.23. The summed E-state index contributed by atoms with van der Waals surface area (Å²) in [5, 5.41) is 1.38. The maximum atomic E-state index is 14.1. The van der Waals surface area contributed by atoms with Gasteiger partial charge in [-0.2, -0.15) is 0 Å². The van der Waals surface area contributed by atoms with E-state index in [1.165, 1.54) is 16.5 Å². The molecule has 6 heteroatoms. The molecule has 0 spiro atoms. The summed E-state index contributed by atoms with van der Waals surface area (Å²) in [6.45, 7) is 0. The van der Waals surface area contributed by atoms with E-state index in [0.29, 0.717) is 5.15 Å². The highest BCUT2D eigenvalue weighted by molar-refractivity contribution is 7.19. The molecule has 0 bridgehead atoms. The van der Waals surface area contributed by atoms with Gasteiger partial charge in [-0.15, -0.1) is 11.3 Å². The highest BCUT2D eigenvalue weighted by Gasteiger charge is 2.22. The summed E-state index contributed by atoms with van der Waals surface area (Å²) >= 11 is 13.8. The Labute approximate surface area is 134 Å². The first kappa shape index (κ1) is 13.4. The predicted molar refractivity (Wildman–Crippen MR) is 84.9 cm³/mol. The van der Waals surface area contributed by atoms with Crippen LogP contribution < -0.4 is 0 Å². The Morgan fingerprint density at radius 1 is 1.14 bits per heavy atom. The summed E-state index contributed by atoms with van der Waals surface area (Å²) < 4.78 is 14.1. The number of aromatic nitrogens is 2. The van der Waals surface area contributed by atoms with Gasteiger partial charge in [0.2, 0.25) is 0 Å². The molecule has 4 rings (SSSR count). The molecule has 1 aliphatic rings. The molecule has 0 aliphatic heterocycles. The molecule has 21 heavy (non-hydrogen) atoms. The van der Waals surface area contributed by atoms with Crippen molar-refractivity contribution in [2.75, 3.05) is 0 Å². The van der Waals surface area contributed by atoms with Gasteiger partial charge in [-0.05, 0) is 37.0 Å². The molecule has 0 atom stereocenters. The lowest BCUT2D eigenvalue weighted by atomic mass is 10.2. The third-order valence-corrected chi connectivity index (χ3v) is 5.46. The van der Waals surface area contributed by atoms with Crippen LogP contribution in [0.5, 0.6) is 0 Å². The van der Waals surface area contributed by atoms with Crippen molar-refractivity contribution in [1.29, 1.82) is 0 Å². The van der Waals surface area contributed by atoms with Gasteiger partial charge in [-0.3, -0.25) is 0 Å². The van der Waals surface area contributed by atoms with Gasteiger partial charge in [-0.1, -0.05) is 29.3 Å². The van der Waals surface area contributed by atoms with E-state index >= 15 is 0 Å². The van der Waals surface area contributed by atoms with Crippen molar-refractivity contribution in [2.45, 2.75) is 19.3 Å². The minimum absolute atomic E-state index is 0.0565. The van der Waals surface area contributed by atoms with E-state index in [1.807, 2.05) is 0 Å². The Balaban J connectivity index is 1.97. The number of thiophene rings is 1. The maximum Gasteiger partial charge on any atom is 0.165 e. The van der Waals surface area contributed by atoms with Crippen molar-refractivity contribution in [3.05, 3.63) is 44.6 Å². The molecule has 3 aromatic rings. The molecule has 2 heterocycles. The molecule has 1 aliphatic carbocycles. The number of rotatable bonds is 1. The van der Waals surface area contributed by atoms with Crippen LogP contribution in [0.3, 0.4) is 0 Å². The molecule has 106 valence electrons. The van der Waals surface area contributed by atoms with Crippen molar-refractivity contribution in [3.63, 3.8) is 0 Å². The van der Waals surface area contributed by atoms with Crippen molar-refractivity contribution in [1.82, 2.24) is 9.97 Å². The fourth-order valence-corrected chi connectivity index (χ4v) is 4.52. The van der Waals surface area contributed by atoms with Crippen LogP contribution >= 0.6 is 34.5 Å². The molecule has 0 saturated heterocycles. The van der Waals surface area contributed by atoms with E-state index in [0.717, 1.165) is 29.5 Å². The van der Waals surface area contributed by atoms with Gasteiger partial charge in [0, 0.05) is 4.88 Å². The predicted octanol–water partition coefficient (Wildman–Crippen LogP) is 5.29. The van der Waals surface area contributed by atoms with E-state index in [4.69, 9.17) is 23.2 Å². The van der Waals surface area contributed by atoms with Crippen molar-refractivity contribution >= 4 is 44.8 Å². The quantitative estimate of drug-likeness (QED) is 0.563. The van der Waals surface area contributed by atoms with E-state index in [-0.39, 0.29) is 16.4 Å². The second kappa shape index (κ2) is 4.90. The molecule has 0 amide bonds. The normalized spacial score (nSPS) is 13.9. The highest BCUT2D eigenvalue weighted by atomic mass is 35.5. The third kappa shape index (κ3) is 2.05. The molecule has 0 saturated carbocycles. The first-order chi connectivity index (χ1) is 10.1. The van der Waals surface area contributed by atoms with Crippen LogP contribution in [-0.2, 0) is 12.8 Å². The molecule has 0 unspecified atom stereocenters. The Bertz CT molecular complexity index is 876. The zero-order chi connectivity index (χ0) is 14.6. The van der Waals surface area contributed by atoms with Gasteiger partial charge in [0.1, 0.15) is 9.98 Å². The molecule has 0 N–H and O–H groups in total. The van der Waals surface area contributed by atoms with Crippen molar-refractivity contribution < 1.29 is 4.39 Å². The van der Waals surface area contributed by atoms with Crippen molar-refractivity contribution in [2.24, 2.45) is 0 Å². The lowest BCUT2D eigenvalue weighted by Crippen LogP contribution is -1.94. The number of aryl methyl sites for hydroxylation is 2. The molecule has 2 nitrogen and oxygen atoms in total. The summed E-state index contributed by atoms with van der Waals surface area (Å²) in [4.78, 5) is 10.9. The summed E-state index contributed by atoms with van der Waals surface area (Å²) in [7, 11) is 0. The number of halogens is 3. The zero-order valence-electron chi connectivity index (χ0n) is 10.8. The number of nitrogens with zero attached hydrogens (tertiary/aromatic N) is 2. The van der Waals surface area contributed by atoms with E-state index in [9.17, 15) is 4.39 Å². The Morgan fingerprint density at radius 2 is 2.00 bits per heavy atom. The molecular weight excluding hydrogens is 330 g/mol. The van der Waals surface area contributed by atoms with Crippen LogP contribution in [0.2, 0.25) is 10.2 Å². The van der Waals surface area contributed by atoms with Crippen LogP contribution in [0.15, 0.2) is 18.2 Å². The Morgan fingerprint density at radius 3 is 2.86 bits per heavy atom. The largest absolute Gasteiger partial charge is 0.217 e. The minimum Gasteiger partial charge on any atom is -0.217 e. The number of fused-ring (bicyclic) bond motifs is 3. The second-order valence-electron chi connectivity index (χ2n) is 4.98. The lowest BCUT2D eigenvalue weighted by molar-refractivity contribution is 0.630. The van der Waals surface area contributed by atoms with Crippen LogP contribution in [0.1, 0.15) is 16.9 Å². The fraction of sp³-hybridized carbons (Fsp3) is 0.200. The van der Waals surface area contributed by atoms with Gasteiger partial charge >= 0.3 is 0 Å². The number of hydrogen-bond acceptors (Lipinski definition) is 3. The van der Waals surface area contributed by atoms with E-state index in [1.54, 1.807) is 23.5 Å². The summed E-state index contributed by atoms with van der Waals surface area (Å²) in [5.74, 6) is -0.230. The molecule has 2 aromatic heterocycles. The van der Waals surface area contributed by atoms with Gasteiger partial charge in [0.05, 0.1) is 16.0 Å². The summed E-state index contributed by atoms with van der Waals surface area (Å²) in [5.41, 5.74) is 1.54. The standard InChI is InChI=1S/C15H9Cl2FN2S/c16-9-5-1-4-8(12(9)18)14-19-13(17)11-7-3-2-6-10(7)21-15(11)20-14/h1,4-5H,2-3,6H2. The van der Waals surface area contributed by atoms with E-state index < -0.39 is 5.82 Å². The average Bonchev–Trinajstić information content (AvgIpc) is 3.01. The van der Waals surface area contributed by atoms with Gasteiger partial charge < -0.3 is 0 Å². The van der Waals surface area contributed by atoms with Gasteiger partial charge in [0.25, 0.3) is 0 Å². The average molecular weight is 339 g/mol. The van der Waals surface area contributed by atoms with Crippen LogP contribution in [-0.4, -0.2) is 9.97 Å². The maximum absolute atomic E-state index is 14.1. The molecule has 1 aromatic carbocycles. The smallest absolute Gasteiger partial charge is 0.165 e. The topological polar surface area (TPSA) is 25.8 Å². The summed E-state index contributed by atoms with van der Waals surface area (Å²) in [6, 6.07) is 4.79. The van der Waals surface area contributed by atoms with Gasteiger partial charge in [-0.25, -0.2) is 14.4 Å². The van der Waals surface area contributed by atoms with Crippen LogP contribution in [0, 0.1) is 5.82 Å². The first-order valence-electron chi connectivity index (χ1n) is 6.57. The molecule has 0 radical (unpaired) electrons. The van der Waals surface area contributed by atoms with E-state index in [2.05, 4.69) is 9.97 Å². The fourth-order valence-electron chi connectivity index (χ4n) is 2.75. The van der Waals surface area contributed by atoms with Gasteiger partial charge in [0.15, 0.2) is 11.6 Å². The van der Waals surface area contributed by atoms with Crippen LogP contribution in [0.25, 0.3) is 21.6 Å². The minimum atomic E-state index is -0.515. The van der Waals surface area contributed by atoms with Crippen molar-refractivity contribution in [3.8, 4) is 11.4 Å². The SMILES string of the molecule is Fc1c(Cl)cccc1-c1nc(Cl)c2c3c(sc2n1)CCC3. The first-order valence-corrected chi connectivity index (χ1v) is 8.14. The molecule has 0 fully saturated rings. The lowest BCUT2D eigenvalue weighted by Gasteiger charge is -2.05. The Kier molecular flexibility index (Phi) is 3.14. The van der Waals surface area contributed by atoms with Crippen LogP contribution in [0.4, 0.5) is 4.39 Å². The number of hydrogen-bond donors (Lipinski definition) is 0.